The molecule has 0 fully saturated rings. The van der Waals surface area contributed by atoms with Crippen LogP contribution in [0.5, 0.6) is 5.75 Å². The molecule has 1 aliphatic rings. The van der Waals surface area contributed by atoms with Crippen molar-refractivity contribution in [3.8, 4) is 5.75 Å². The van der Waals surface area contributed by atoms with E-state index in [1.807, 2.05) is 19.1 Å². The monoisotopic (exact) mass is 361 g/mol. The molecule has 0 amide bonds. The SMILES string of the molecule is CCOc1ccc(CN[C@@H]2CCCc3c2cnn3Cc2ccccc2)cc1. The lowest BCUT2D eigenvalue weighted by atomic mass is 9.92. The molecule has 0 aliphatic heterocycles. The first-order chi connectivity index (χ1) is 13.3. The highest BCUT2D eigenvalue weighted by molar-refractivity contribution is 5.29. The highest BCUT2D eigenvalue weighted by Crippen LogP contribution is 2.30. The average molecular weight is 361 g/mol. The molecule has 1 aromatic heterocycles. The summed E-state index contributed by atoms with van der Waals surface area (Å²) in [5.74, 6) is 0.934. The van der Waals surface area contributed by atoms with E-state index in [0.717, 1.165) is 25.3 Å². The second-order valence-corrected chi connectivity index (χ2v) is 7.09. The Morgan fingerprint density at radius 3 is 2.67 bits per heavy atom. The van der Waals surface area contributed by atoms with Crippen LogP contribution in [-0.4, -0.2) is 16.4 Å². The number of ether oxygens (including phenoxy) is 1. The quantitative estimate of drug-likeness (QED) is 0.673. The molecule has 0 bridgehead atoms. The van der Waals surface area contributed by atoms with E-state index in [1.54, 1.807) is 0 Å². The normalized spacial score (nSPS) is 16.1. The fourth-order valence-electron chi connectivity index (χ4n) is 3.83. The maximum absolute atomic E-state index is 5.52. The number of hydrogen-bond acceptors (Lipinski definition) is 3. The van der Waals surface area contributed by atoms with Gasteiger partial charge in [0.05, 0.1) is 19.3 Å². The Balaban J connectivity index is 1.42. The molecule has 4 nitrogen and oxygen atoms in total. The van der Waals surface area contributed by atoms with Crippen molar-refractivity contribution < 1.29 is 4.74 Å². The molecule has 0 unspecified atom stereocenters. The maximum Gasteiger partial charge on any atom is 0.119 e. The minimum Gasteiger partial charge on any atom is -0.494 e. The second-order valence-electron chi connectivity index (χ2n) is 7.09. The summed E-state index contributed by atoms with van der Waals surface area (Å²) in [5.41, 5.74) is 5.33. The van der Waals surface area contributed by atoms with Gasteiger partial charge in [0.15, 0.2) is 0 Å². The highest BCUT2D eigenvalue weighted by Gasteiger charge is 2.23. The molecule has 0 saturated heterocycles. The summed E-state index contributed by atoms with van der Waals surface area (Å²) in [6, 6.07) is 19.3. The molecule has 140 valence electrons. The number of nitrogens with zero attached hydrogens (tertiary/aromatic N) is 2. The zero-order chi connectivity index (χ0) is 18.5. The van der Waals surface area contributed by atoms with Crippen LogP contribution in [0.4, 0.5) is 0 Å². The van der Waals surface area contributed by atoms with Gasteiger partial charge in [0, 0.05) is 23.8 Å². The van der Waals surface area contributed by atoms with Crippen molar-refractivity contribution in [2.24, 2.45) is 0 Å². The number of aromatic nitrogens is 2. The van der Waals surface area contributed by atoms with Crippen molar-refractivity contribution in [2.45, 2.75) is 45.3 Å². The molecular formula is C23H27N3O. The summed E-state index contributed by atoms with van der Waals surface area (Å²) in [6.45, 7) is 4.42. The van der Waals surface area contributed by atoms with E-state index in [9.17, 15) is 0 Å². The number of fused-ring (bicyclic) bond motifs is 1. The first-order valence-electron chi connectivity index (χ1n) is 9.87. The van der Waals surface area contributed by atoms with Crippen LogP contribution in [0.1, 0.15) is 48.2 Å². The van der Waals surface area contributed by atoms with Gasteiger partial charge in [-0.05, 0) is 49.4 Å². The smallest absolute Gasteiger partial charge is 0.119 e. The van der Waals surface area contributed by atoms with E-state index >= 15 is 0 Å². The van der Waals surface area contributed by atoms with Crippen LogP contribution < -0.4 is 10.1 Å². The van der Waals surface area contributed by atoms with Crippen LogP contribution in [0, 0.1) is 0 Å². The number of benzene rings is 2. The van der Waals surface area contributed by atoms with E-state index in [0.29, 0.717) is 12.6 Å². The Bertz CT molecular complexity index is 855. The Kier molecular flexibility index (Phi) is 5.54. The van der Waals surface area contributed by atoms with Crippen molar-refractivity contribution in [1.29, 1.82) is 0 Å². The summed E-state index contributed by atoms with van der Waals surface area (Å²) >= 11 is 0. The Morgan fingerprint density at radius 1 is 1.07 bits per heavy atom. The second kappa shape index (κ2) is 8.40. The van der Waals surface area contributed by atoms with Gasteiger partial charge in [-0.1, -0.05) is 42.5 Å². The number of rotatable bonds is 7. The van der Waals surface area contributed by atoms with Gasteiger partial charge in [0.2, 0.25) is 0 Å². The number of hydrogen-bond donors (Lipinski definition) is 1. The molecule has 0 radical (unpaired) electrons. The van der Waals surface area contributed by atoms with Crippen LogP contribution in [0.15, 0.2) is 60.8 Å². The molecule has 0 saturated carbocycles. The highest BCUT2D eigenvalue weighted by atomic mass is 16.5. The van der Waals surface area contributed by atoms with Crippen LogP contribution >= 0.6 is 0 Å². The average Bonchev–Trinajstić information content (AvgIpc) is 3.12. The van der Waals surface area contributed by atoms with Crippen molar-refractivity contribution in [2.75, 3.05) is 6.61 Å². The van der Waals surface area contributed by atoms with Gasteiger partial charge in [-0.2, -0.15) is 5.10 Å². The lowest BCUT2D eigenvalue weighted by Gasteiger charge is -2.24. The predicted octanol–water partition coefficient (Wildman–Crippen LogP) is 4.50. The lowest BCUT2D eigenvalue weighted by molar-refractivity contribution is 0.340. The van der Waals surface area contributed by atoms with Crippen molar-refractivity contribution in [3.63, 3.8) is 0 Å². The molecule has 1 aliphatic carbocycles. The molecule has 4 rings (SSSR count). The third-order valence-corrected chi connectivity index (χ3v) is 5.22. The van der Waals surface area contributed by atoms with Gasteiger partial charge in [-0.25, -0.2) is 0 Å². The molecule has 1 heterocycles. The standard InChI is InChI=1S/C23H27N3O/c1-2-27-20-13-11-18(12-14-20)15-24-22-9-6-10-23-21(22)16-25-26(23)17-19-7-4-3-5-8-19/h3-5,7-8,11-14,16,22,24H,2,6,9-10,15,17H2,1H3/t22-/m1/s1. The summed E-state index contributed by atoms with van der Waals surface area (Å²) in [7, 11) is 0. The third kappa shape index (κ3) is 4.22. The van der Waals surface area contributed by atoms with Gasteiger partial charge < -0.3 is 10.1 Å². The molecule has 0 spiro atoms. The van der Waals surface area contributed by atoms with Crippen molar-refractivity contribution in [3.05, 3.63) is 83.2 Å². The zero-order valence-electron chi connectivity index (χ0n) is 15.9. The molecular weight excluding hydrogens is 334 g/mol. The number of nitrogens with one attached hydrogen (secondary N) is 1. The van der Waals surface area contributed by atoms with Crippen LogP contribution in [0.2, 0.25) is 0 Å². The van der Waals surface area contributed by atoms with Crippen LogP contribution in [0.25, 0.3) is 0 Å². The fraction of sp³-hybridized carbons (Fsp3) is 0.348. The molecule has 4 heteroatoms. The topological polar surface area (TPSA) is 39.1 Å². The van der Waals surface area contributed by atoms with E-state index in [2.05, 4.69) is 58.7 Å². The Labute approximate surface area is 161 Å². The summed E-state index contributed by atoms with van der Waals surface area (Å²) in [5, 5.41) is 8.42. The van der Waals surface area contributed by atoms with Crippen molar-refractivity contribution in [1.82, 2.24) is 15.1 Å². The van der Waals surface area contributed by atoms with Gasteiger partial charge in [-0.15, -0.1) is 0 Å². The molecule has 3 aromatic rings. The molecule has 1 atom stereocenters. The Hall–Kier alpha value is -2.59. The Morgan fingerprint density at radius 2 is 1.89 bits per heavy atom. The van der Waals surface area contributed by atoms with E-state index in [-0.39, 0.29) is 0 Å². The van der Waals surface area contributed by atoms with E-state index in [1.165, 1.54) is 35.2 Å². The van der Waals surface area contributed by atoms with Gasteiger partial charge in [-0.3, -0.25) is 4.68 Å². The first-order valence-corrected chi connectivity index (χ1v) is 9.87. The van der Waals surface area contributed by atoms with Crippen LogP contribution in [-0.2, 0) is 19.5 Å². The predicted molar refractivity (Wildman–Crippen MR) is 108 cm³/mol. The van der Waals surface area contributed by atoms with E-state index in [4.69, 9.17) is 9.84 Å². The first kappa shape index (κ1) is 17.8. The zero-order valence-corrected chi connectivity index (χ0v) is 15.9. The maximum atomic E-state index is 5.52. The van der Waals surface area contributed by atoms with Gasteiger partial charge in [0.25, 0.3) is 0 Å². The van der Waals surface area contributed by atoms with Crippen LogP contribution in [0.3, 0.4) is 0 Å². The summed E-state index contributed by atoms with van der Waals surface area (Å²) in [6.07, 6.45) is 5.55. The summed E-state index contributed by atoms with van der Waals surface area (Å²) in [4.78, 5) is 0. The molecule has 1 N–H and O–H groups in total. The lowest BCUT2D eigenvalue weighted by Crippen LogP contribution is -2.25. The summed E-state index contributed by atoms with van der Waals surface area (Å²) < 4.78 is 7.70. The van der Waals surface area contributed by atoms with E-state index < -0.39 is 0 Å². The van der Waals surface area contributed by atoms with Crippen molar-refractivity contribution >= 4 is 0 Å². The fourth-order valence-corrected chi connectivity index (χ4v) is 3.83. The largest absolute Gasteiger partial charge is 0.494 e. The minimum absolute atomic E-state index is 0.379. The molecule has 2 aromatic carbocycles. The van der Waals surface area contributed by atoms with Gasteiger partial charge in [0.1, 0.15) is 5.75 Å². The minimum atomic E-state index is 0.379. The van der Waals surface area contributed by atoms with Gasteiger partial charge >= 0.3 is 0 Å². The third-order valence-electron chi connectivity index (χ3n) is 5.22. The molecule has 27 heavy (non-hydrogen) atoms.